The first-order valence-electron chi connectivity index (χ1n) is 23.8. The Bertz CT molecular complexity index is 2140. The number of likely N-dealkylation sites (tertiary alicyclic amines) is 3. The molecule has 2 aromatic rings. The van der Waals surface area contributed by atoms with Crippen molar-refractivity contribution in [3.8, 4) is 11.1 Å². The van der Waals surface area contributed by atoms with E-state index in [9.17, 15) is 43.5 Å². The van der Waals surface area contributed by atoms with Crippen molar-refractivity contribution in [2.24, 2.45) is 11.8 Å². The zero-order valence-corrected chi connectivity index (χ0v) is 39.9. The summed E-state index contributed by atoms with van der Waals surface area (Å²) in [4.78, 5) is 114. The Labute approximate surface area is 393 Å². The van der Waals surface area contributed by atoms with Crippen LogP contribution in [0.1, 0.15) is 123 Å². The number of carboxylic acid groups (broad SMARTS) is 1. The molecule has 0 saturated carbocycles. The van der Waals surface area contributed by atoms with Gasteiger partial charge < -0.3 is 45.2 Å². The minimum atomic E-state index is -1.35. The molecule has 3 aliphatic heterocycles. The van der Waals surface area contributed by atoms with E-state index in [2.05, 4.69) is 16.0 Å². The molecule has 0 radical (unpaired) electrons. The zero-order chi connectivity index (χ0) is 48.7. The summed E-state index contributed by atoms with van der Waals surface area (Å²) >= 11 is 0. The Kier molecular flexibility index (Phi) is 16.4. The molecule has 3 heterocycles. The van der Waals surface area contributed by atoms with Gasteiger partial charge in [-0.1, -0.05) is 76.2 Å². The maximum atomic E-state index is 14.5. The molecule has 17 heteroatoms. The van der Waals surface area contributed by atoms with Crippen LogP contribution in [0.4, 0.5) is 4.79 Å². The Morgan fingerprint density at radius 2 is 1.19 bits per heavy atom. The molecule has 67 heavy (non-hydrogen) atoms. The number of hydrogen-bond acceptors (Lipinski definition) is 10. The van der Waals surface area contributed by atoms with E-state index in [-0.39, 0.29) is 50.8 Å². The van der Waals surface area contributed by atoms with Crippen molar-refractivity contribution in [3.63, 3.8) is 0 Å². The average molecular weight is 929 g/mol. The molecule has 1 aliphatic carbocycles. The van der Waals surface area contributed by atoms with Gasteiger partial charge in [0.2, 0.25) is 29.5 Å². The molecule has 0 unspecified atom stereocenters. The monoisotopic (exact) mass is 928 g/mol. The molecule has 3 fully saturated rings. The summed E-state index contributed by atoms with van der Waals surface area (Å²) < 4.78 is 11.2. The summed E-state index contributed by atoms with van der Waals surface area (Å²) in [6.45, 7) is 13.2. The van der Waals surface area contributed by atoms with Crippen molar-refractivity contribution in [1.82, 2.24) is 30.7 Å². The van der Waals surface area contributed by atoms with Crippen LogP contribution in [0, 0.1) is 11.8 Å². The quantitative estimate of drug-likeness (QED) is 0.159. The van der Waals surface area contributed by atoms with E-state index in [1.807, 2.05) is 62.4 Å². The van der Waals surface area contributed by atoms with E-state index in [1.54, 1.807) is 34.6 Å². The van der Waals surface area contributed by atoms with Gasteiger partial charge in [0.15, 0.2) is 0 Å². The topological polar surface area (TPSA) is 221 Å². The summed E-state index contributed by atoms with van der Waals surface area (Å²) in [5.41, 5.74) is 3.36. The van der Waals surface area contributed by atoms with Gasteiger partial charge in [0.25, 0.3) is 0 Å². The molecule has 6 rings (SSSR count). The van der Waals surface area contributed by atoms with Crippen LogP contribution in [0.2, 0.25) is 0 Å². The SMILES string of the molecule is CC(C)C[C@H](NC(=O)[C@H](CCC(=O)OC(C)(C)C)NC(=O)[C@@H](NC(=O)OCC1c2ccccc2-c2ccccc21)C(C)C)C(=O)N1CCC[C@H]1C(=O)N1CCC[C@H]1C(=O)N1CCC[C@H]1C(=O)O. The second kappa shape index (κ2) is 21.7. The van der Waals surface area contributed by atoms with E-state index >= 15 is 0 Å². The number of carboxylic acids is 1. The van der Waals surface area contributed by atoms with Crippen molar-refractivity contribution in [3.05, 3.63) is 59.7 Å². The molecular weight excluding hydrogens is 861 g/mol. The van der Waals surface area contributed by atoms with Crippen molar-refractivity contribution in [2.75, 3.05) is 26.2 Å². The summed E-state index contributed by atoms with van der Waals surface area (Å²) in [5.74, 6) is -5.21. The van der Waals surface area contributed by atoms with Crippen molar-refractivity contribution in [1.29, 1.82) is 0 Å². The highest BCUT2D eigenvalue weighted by atomic mass is 16.6. The number of esters is 1. The van der Waals surface area contributed by atoms with Gasteiger partial charge in [0, 0.05) is 32.0 Å². The molecule has 3 saturated heterocycles. The summed E-state index contributed by atoms with van der Waals surface area (Å²) in [6.07, 6.45) is 1.59. The molecule has 6 atom stereocenters. The average Bonchev–Trinajstić information content (AvgIpc) is 4.11. The highest BCUT2D eigenvalue weighted by Crippen LogP contribution is 2.44. The van der Waals surface area contributed by atoms with Crippen molar-refractivity contribution >= 4 is 47.6 Å². The number of nitrogens with one attached hydrogen (secondary N) is 3. The number of ether oxygens (including phenoxy) is 2. The predicted molar refractivity (Wildman–Crippen MR) is 247 cm³/mol. The molecule has 0 spiro atoms. The lowest BCUT2D eigenvalue weighted by Crippen LogP contribution is -2.59. The molecule has 0 aromatic heterocycles. The van der Waals surface area contributed by atoms with E-state index in [4.69, 9.17) is 9.47 Å². The molecular formula is C50H68N6O11. The van der Waals surface area contributed by atoms with Crippen LogP contribution < -0.4 is 16.0 Å². The number of aliphatic carboxylic acids is 1. The normalized spacial score (nSPS) is 20.5. The summed E-state index contributed by atoms with van der Waals surface area (Å²) in [6, 6.07) is 9.53. The number of hydrogen-bond donors (Lipinski definition) is 4. The summed E-state index contributed by atoms with van der Waals surface area (Å²) in [5, 5.41) is 18.0. The smallest absolute Gasteiger partial charge is 0.407 e. The van der Waals surface area contributed by atoms with Gasteiger partial charge in [-0.3, -0.25) is 28.8 Å². The summed E-state index contributed by atoms with van der Waals surface area (Å²) in [7, 11) is 0. The largest absolute Gasteiger partial charge is 0.480 e. The van der Waals surface area contributed by atoms with Crippen LogP contribution in [0.25, 0.3) is 11.1 Å². The van der Waals surface area contributed by atoms with Crippen LogP contribution >= 0.6 is 0 Å². The van der Waals surface area contributed by atoms with Crippen molar-refractivity contribution in [2.45, 2.75) is 154 Å². The lowest BCUT2D eigenvalue weighted by Gasteiger charge is -2.35. The third-order valence-corrected chi connectivity index (χ3v) is 13.0. The molecule has 17 nitrogen and oxygen atoms in total. The Morgan fingerprint density at radius 1 is 0.687 bits per heavy atom. The minimum Gasteiger partial charge on any atom is -0.480 e. The molecule has 4 aliphatic rings. The Balaban J connectivity index is 1.15. The highest BCUT2D eigenvalue weighted by molar-refractivity contribution is 5.97. The van der Waals surface area contributed by atoms with Gasteiger partial charge in [0.05, 0.1) is 0 Å². The van der Waals surface area contributed by atoms with E-state index in [1.165, 1.54) is 14.7 Å². The number of amides is 6. The van der Waals surface area contributed by atoms with Gasteiger partial charge in [-0.25, -0.2) is 9.59 Å². The first-order chi connectivity index (χ1) is 31.7. The molecule has 2 aromatic carbocycles. The fraction of sp³-hybridized carbons (Fsp3) is 0.600. The van der Waals surface area contributed by atoms with Gasteiger partial charge in [-0.05, 0) is 106 Å². The molecule has 364 valence electrons. The molecule has 4 N–H and O–H groups in total. The number of fused-ring (bicyclic) bond motifs is 3. The van der Waals surface area contributed by atoms with Crippen LogP contribution in [0.5, 0.6) is 0 Å². The van der Waals surface area contributed by atoms with Gasteiger partial charge >= 0.3 is 18.0 Å². The number of carbonyl (C=O) groups excluding carboxylic acids is 7. The third kappa shape index (κ3) is 12.1. The number of alkyl carbamates (subject to hydrolysis) is 1. The third-order valence-electron chi connectivity index (χ3n) is 13.0. The lowest BCUT2D eigenvalue weighted by molar-refractivity contribution is -0.155. The number of nitrogens with zero attached hydrogens (tertiary/aromatic N) is 3. The van der Waals surface area contributed by atoms with Crippen LogP contribution in [-0.2, 0) is 43.0 Å². The second-order valence-electron chi connectivity index (χ2n) is 20.0. The highest BCUT2D eigenvalue weighted by Gasteiger charge is 2.47. The first-order valence-corrected chi connectivity index (χ1v) is 23.8. The molecule has 6 amide bonds. The number of rotatable bonds is 17. The van der Waals surface area contributed by atoms with Crippen LogP contribution in [0.15, 0.2) is 48.5 Å². The minimum absolute atomic E-state index is 0.0184. The van der Waals surface area contributed by atoms with Gasteiger partial charge in [-0.15, -0.1) is 0 Å². The maximum Gasteiger partial charge on any atom is 0.407 e. The number of carbonyl (C=O) groups is 8. The lowest BCUT2D eigenvalue weighted by atomic mass is 9.98. The van der Waals surface area contributed by atoms with Crippen LogP contribution in [0.3, 0.4) is 0 Å². The fourth-order valence-electron chi connectivity index (χ4n) is 9.90. The van der Waals surface area contributed by atoms with Crippen molar-refractivity contribution < 1.29 is 52.9 Å². The van der Waals surface area contributed by atoms with Gasteiger partial charge in [-0.2, -0.15) is 0 Å². The number of benzene rings is 2. The molecule has 0 bridgehead atoms. The maximum absolute atomic E-state index is 14.5. The van der Waals surface area contributed by atoms with E-state index < -0.39 is 95.3 Å². The van der Waals surface area contributed by atoms with E-state index in [0.717, 1.165) is 22.3 Å². The predicted octanol–water partition coefficient (Wildman–Crippen LogP) is 4.74. The first kappa shape index (κ1) is 50.4. The van der Waals surface area contributed by atoms with Crippen LogP contribution in [-0.4, -0.2) is 135 Å². The van der Waals surface area contributed by atoms with Gasteiger partial charge in [0.1, 0.15) is 48.5 Å². The zero-order valence-electron chi connectivity index (χ0n) is 39.9. The standard InChI is InChI=1S/C50H68N6O11/c1-29(2)27-37(45(60)54-24-12-19-38(54)46(61)55-25-13-20-39(55)47(62)56-26-14-21-40(56)48(63)64)52-43(58)36(22-23-41(57)67-50(5,6)7)51-44(59)42(30(3)4)53-49(65)66-28-35-33-17-10-8-15-31(33)32-16-9-11-18-34(32)35/h8-11,15-18,29-30,35-40,42H,12-14,19-28H2,1-7H3,(H,51,59)(H,52,58)(H,53,65)(H,63,64)/t36-,37-,38-,39-,40-,42-/m0/s1. The second-order valence-corrected chi connectivity index (χ2v) is 20.0. The van der Waals surface area contributed by atoms with E-state index in [0.29, 0.717) is 45.1 Å². The Morgan fingerprint density at radius 3 is 1.73 bits per heavy atom. The Hall–Kier alpha value is -6.00. The fourth-order valence-corrected chi connectivity index (χ4v) is 9.90.